The van der Waals surface area contributed by atoms with Crippen molar-refractivity contribution < 1.29 is 14.3 Å². The number of hydrogen-bond acceptors (Lipinski definition) is 4. The van der Waals surface area contributed by atoms with Gasteiger partial charge in [0.05, 0.1) is 6.61 Å². The van der Waals surface area contributed by atoms with Crippen LogP contribution in [0.3, 0.4) is 0 Å². The van der Waals surface area contributed by atoms with Crippen LogP contribution < -0.4 is 5.32 Å². The molecule has 1 aromatic carbocycles. The molecule has 1 unspecified atom stereocenters. The third kappa shape index (κ3) is 4.09. The minimum atomic E-state index is -1.63. The number of aryl methyl sites for hydroxylation is 1. The fourth-order valence-electron chi connectivity index (χ4n) is 1.88. The lowest BCUT2D eigenvalue weighted by Gasteiger charge is -2.25. The van der Waals surface area contributed by atoms with E-state index in [1.54, 1.807) is 6.92 Å². The van der Waals surface area contributed by atoms with Crippen molar-refractivity contribution in [1.82, 2.24) is 5.32 Å². The maximum Gasteiger partial charge on any atom is 0.346 e. The van der Waals surface area contributed by atoms with Crippen molar-refractivity contribution in [1.29, 1.82) is 5.26 Å². The van der Waals surface area contributed by atoms with Gasteiger partial charge < -0.3 is 10.1 Å². The number of nitriles is 1. The van der Waals surface area contributed by atoms with E-state index in [0.717, 1.165) is 5.56 Å². The average Bonchev–Trinajstić information content (AvgIpc) is 2.44. The van der Waals surface area contributed by atoms with E-state index in [-0.39, 0.29) is 13.0 Å². The summed E-state index contributed by atoms with van der Waals surface area (Å²) in [5.41, 5.74) is -0.640. The highest BCUT2D eigenvalue weighted by molar-refractivity contribution is 5.90. The molecule has 0 saturated heterocycles. The highest BCUT2D eigenvalue weighted by atomic mass is 16.5. The van der Waals surface area contributed by atoms with Gasteiger partial charge in [0.2, 0.25) is 11.4 Å². The molecule has 0 radical (unpaired) electrons. The number of ether oxygens (including phenoxy) is 1. The monoisotopic (exact) mass is 274 g/mol. The first-order chi connectivity index (χ1) is 9.54. The lowest BCUT2D eigenvalue weighted by atomic mass is 9.92. The molecule has 0 aliphatic heterocycles. The summed E-state index contributed by atoms with van der Waals surface area (Å²) in [7, 11) is 0. The van der Waals surface area contributed by atoms with Gasteiger partial charge in [-0.05, 0) is 25.3 Å². The molecule has 0 saturated carbocycles. The van der Waals surface area contributed by atoms with Gasteiger partial charge in [-0.3, -0.25) is 4.79 Å². The second kappa shape index (κ2) is 7.29. The Morgan fingerprint density at radius 3 is 2.50 bits per heavy atom. The molecular formula is C15H18N2O3. The quantitative estimate of drug-likeness (QED) is 0.799. The van der Waals surface area contributed by atoms with Crippen molar-refractivity contribution in [3.8, 4) is 6.07 Å². The zero-order chi connectivity index (χ0) is 15.0. The summed E-state index contributed by atoms with van der Waals surface area (Å²) < 4.78 is 4.91. The van der Waals surface area contributed by atoms with Gasteiger partial charge in [0, 0.05) is 6.92 Å². The third-order valence-corrected chi connectivity index (χ3v) is 2.84. The summed E-state index contributed by atoms with van der Waals surface area (Å²) in [5, 5.41) is 11.8. The standard InChI is InChI=1S/C15H18N2O3/c1-3-20-14(19)15(11-16,17-12(2)18)10-9-13-7-5-4-6-8-13/h4-8H,3,9-10H2,1-2H3,(H,17,18). The van der Waals surface area contributed by atoms with Gasteiger partial charge in [-0.25, -0.2) is 4.79 Å². The topological polar surface area (TPSA) is 79.2 Å². The summed E-state index contributed by atoms with van der Waals surface area (Å²) >= 11 is 0. The molecule has 1 amide bonds. The van der Waals surface area contributed by atoms with E-state index >= 15 is 0 Å². The first-order valence-electron chi connectivity index (χ1n) is 6.45. The van der Waals surface area contributed by atoms with E-state index in [0.29, 0.717) is 6.42 Å². The molecule has 1 aromatic rings. The van der Waals surface area contributed by atoms with Gasteiger partial charge in [-0.2, -0.15) is 5.26 Å². The molecule has 1 rings (SSSR count). The van der Waals surface area contributed by atoms with Crippen molar-refractivity contribution in [2.45, 2.75) is 32.2 Å². The van der Waals surface area contributed by atoms with Gasteiger partial charge in [-0.15, -0.1) is 0 Å². The number of benzene rings is 1. The lowest BCUT2D eigenvalue weighted by Crippen LogP contribution is -2.54. The molecule has 0 aliphatic rings. The van der Waals surface area contributed by atoms with E-state index in [1.807, 2.05) is 36.4 Å². The number of hydrogen-bond donors (Lipinski definition) is 1. The van der Waals surface area contributed by atoms with E-state index in [2.05, 4.69) is 5.32 Å². The van der Waals surface area contributed by atoms with Crippen LogP contribution >= 0.6 is 0 Å². The van der Waals surface area contributed by atoms with Crippen LogP contribution in [0.25, 0.3) is 0 Å². The molecule has 1 N–H and O–H groups in total. The van der Waals surface area contributed by atoms with Crippen LogP contribution in [0.15, 0.2) is 30.3 Å². The van der Waals surface area contributed by atoms with E-state index in [9.17, 15) is 14.9 Å². The fourth-order valence-corrected chi connectivity index (χ4v) is 1.88. The minimum Gasteiger partial charge on any atom is -0.463 e. The first-order valence-corrected chi connectivity index (χ1v) is 6.45. The van der Waals surface area contributed by atoms with Crippen LogP contribution in [0.1, 0.15) is 25.8 Å². The molecule has 5 heteroatoms. The summed E-state index contributed by atoms with van der Waals surface area (Å²) in [5.74, 6) is -1.15. The molecule has 0 fully saturated rings. The smallest absolute Gasteiger partial charge is 0.346 e. The molecule has 0 spiro atoms. The summed E-state index contributed by atoms with van der Waals surface area (Å²) in [6.45, 7) is 3.09. The summed E-state index contributed by atoms with van der Waals surface area (Å²) in [4.78, 5) is 23.3. The second-order valence-corrected chi connectivity index (χ2v) is 4.40. The Kier molecular flexibility index (Phi) is 5.73. The number of rotatable bonds is 6. The van der Waals surface area contributed by atoms with Crippen molar-refractivity contribution in [2.75, 3.05) is 6.61 Å². The number of amides is 1. The number of carbonyl (C=O) groups excluding carboxylic acids is 2. The molecule has 0 aromatic heterocycles. The largest absolute Gasteiger partial charge is 0.463 e. The summed E-state index contributed by atoms with van der Waals surface area (Å²) in [6, 6.07) is 11.4. The molecule has 0 heterocycles. The zero-order valence-electron chi connectivity index (χ0n) is 11.7. The lowest BCUT2D eigenvalue weighted by molar-refractivity contribution is -0.150. The first kappa shape index (κ1) is 15.7. The third-order valence-electron chi connectivity index (χ3n) is 2.84. The molecule has 0 bridgehead atoms. The van der Waals surface area contributed by atoms with Gasteiger partial charge in [0.1, 0.15) is 6.07 Å². The van der Waals surface area contributed by atoms with Crippen molar-refractivity contribution in [2.24, 2.45) is 0 Å². The van der Waals surface area contributed by atoms with Crippen LogP contribution in [0, 0.1) is 11.3 Å². The van der Waals surface area contributed by atoms with Gasteiger partial charge >= 0.3 is 5.97 Å². The van der Waals surface area contributed by atoms with Crippen molar-refractivity contribution >= 4 is 11.9 Å². The molecule has 5 nitrogen and oxygen atoms in total. The fraction of sp³-hybridized carbons (Fsp3) is 0.400. The zero-order valence-corrected chi connectivity index (χ0v) is 11.7. The minimum absolute atomic E-state index is 0.160. The molecule has 0 aliphatic carbocycles. The Balaban J connectivity index is 2.89. The molecule has 106 valence electrons. The molecule has 20 heavy (non-hydrogen) atoms. The van der Waals surface area contributed by atoms with E-state index in [4.69, 9.17) is 4.74 Å². The maximum absolute atomic E-state index is 12.0. The predicted molar refractivity (Wildman–Crippen MR) is 73.6 cm³/mol. The van der Waals surface area contributed by atoms with Gasteiger partial charge in [-0.1, -0.05) is 30.3 Å². The van der Waals surface area contributed by atoms with Crippen molar-refractivity contribution in [3.63, 3.8) is 0 Å². The molecular weight excluding hydrogens is 256 g/mol. The van der Waals surface area contributed by atoms with Crippen LogP contribution in [0.4, 0.5) is 0 Å². The predicted octanol–water partition coefficient (Wildman–Crippen LogP) is 1.58. The van der Waals surface area contributed by atoms with Crippen LogP contribution in [-0.2, 0) is 20.7 Å². The molecule has 1 atom stereocenters. The Labute approximate surface area is 118 Å². The second-order valence-electron chi connectivity index (χ2n) is 4.40. The van der Waals surface area contributed by atoms with Crippen LogP contribution in [0.5, 0.6) is 0 Å². The Morgan fingerprint density at radius 2 is 2.00 bits per heavy atom. The highest BCUT2D eigenvalue weighted by Gasteiger charge is 2.41. The Morgan fingerprint density at radius 1 is 1.35 bits per heavy atom. The number of esters is 1. The maximum atomic E-state index is 12.0. The number of nitrogens with one attached hydrogen (secondary N) is 1. The van der Waals surface area contributed by atoms with E-state index in [1.165, 1.54) is 6.92 Å². The average molecular weight is 274 g/mol. The van der Waals surface area contributed by atoms with Crippen molar-refractivity contribution in [3.05, 3.63) is 35.9 Å². The highest BCUT2D eigenvalue weighted by Crippen LogP contribution is 2.16. The van der Waals surface area contributed by atoms with Crippen LogP contribution in [0.2, 0.25) is 0 Å². The summed E-state index contributed by atoms with van der Waals surface area (Å²) in [6.07, 6.45) is 0.666. The Hall–Kier alpha value is -2.35. The number of carbonyl (C=O) groups is 2. The Bertz CT molecular complexity index is 508. The van der Waals surface area contributed by atoms with Gasteiger partial charge in [0.25, 0.3) is 0 Å². The van der Waals surface area contributed by atoms with Gasteiger partial charge in [0.15, 0.2) is 0 Å². The van der Waals surface area contributed by atoms with E-state index < -0.39 is 17.4 Å². The normalized spacial score (nSPS) is 12.8. The van der Waals surface area contributed by atoms with Crippen LogP contribution in [-0.4, -0.2) is 24.0 Å². The SMILES string of the molecule is CCOC(=O)C(C#N)(CCc1ccccc1)NC(C)=O. The number of nitrogens with zero attached hydrogens (tertiary/aromatic N) is 1.